The first kappa shape index (κ1) is 14.8. The molecule has 0 aliphatic carbocycles. The molecule has 0 unspecified atom stereocenters. The van der Waals surface area contributed by atoms with Gasteiger partial charge in [0.05, 0.1) is 5.69 Å². The van der Waals surface area contributed by atoms with Crippen LogP contribution >= 0.6 is 0 Å². The number of nitrogens with one attached hydrogen (secondary N) is 1. The van der Waals surface area contributed by atoms with E-state index in [1.165, 1.54) is 0 Å². The van der Waals surface area contributed by atoms with E-state index in [1.807, 2.05) is 42.5 Å². The molecule has 114 valence electrons. The maximum atomic E-state index is 12.2. The van der Waals surface area contributed by atoms with Crippen molar-refractivity contribution in [2.75, 3.05) is 6.54 Å². The number of aromatic nitrogens is 3. The predicted octanol–water partition coefficient (Wildman–Crippen LogP) is 2.51. The number of amides is 1. The SMILES string of the molecule is O=C(NCCc1ccncc1)c1nccc(-c2ccccc2)n1. The van der Waals surface area contributed by atoms with Gasteiger partial charge in [-0.25, -0.2) is 9.97 Å². The zero-order valence-corrected chi connectivity index (χ0v) is 12.5. The van der Waals surface area contributed by atoms with Gasteiger partial charge in [-0.05, 0) is 30.2 Å². The first-order valence-corrected chi connectivity index (χ1v) is 7.38. The van der Waals surface area contributed by atoms with E-state index in [9.17, 15) is 4.79 Å². The Balaban J connectivity index is 1.64. The van der Waals surface area contributed by atoms with Crippen LogP contribution in [0.5, 0.6) is 0 Å². The highest BCUT2D eigenvalue weighted by Crippen LogP contribution is 2.15. The van der Waals surface area contributed by atoms with Gasteiger partial charge in [0.25, 0.3) is 5.91 Å². The third-order valence-electron chi connectivity index (χ3n) is 3.38. The van der Waals surface area contributed by atoms with Crippen molar-refractivity contribution in [3.05, 3.63) is 78.5 Å². The van der Waals surface area contributed by atoms with Crippen molar-refractivity contribution in [1.82, 2.24) is 20.3 Å². The van der Waals surface area contributed by atoms with E-state index in [0.29, 0.717) is 6.54 Å². The van der Waals surface area contributed by atoms with Gasteiger partial charge in [0, 0.05) is 30.7 Å². The lowest BCUT2D eigenvalue weighted by molar-refractivity contribution is 0.0944. The molecule has 2 heterocycles. The van der Waals surface area contributed by atoms with Gasteiger partial charge in [-0.15, -0.1) is 0 Å². The van der Waals surface area contributed by atoms with Crippen LogP contribution in [0.2, 0.25) is 0 Å². The predicted molar refractivity (Wildman–Crippen MR) is 87.7 cm³/mol. The van der Waals surface area contributed by atoms with Gasteiger partial charge in [-0.2, -0.15) is 0 Å². The van der Waals surface area contributed by atoms with E-state index < -0.39 is 0 Å². The molecule has 0 atom stereocenters. The van der Waals surface area contributed by atoms with Gasteiger partial charge >= 0.3 is 0 Å². The number of hydrogen-bond acceptors (Lipinski definition) is 4. The number of rotatable bonds is 5. The molecule has 0 saturated heterocycles. The highest BCUT2D eigenvalue weighted by molar-refractivity contribution is 5.90. The molecule has 0 spiro atoms. The maximum Gasteiger partial charge on any atom is 0.289 e. The van der Waals surface area contributed by atoms with Crippen molar-refractivity contribution < 1.29 is 4.79 Å². The molecule has 3 aromatic rings. The second-order valence-corrected chi connectivity index (χ2v) is 4.99. The van der Waals surface area contributed by atoms with Crippen molar-refractivity contribution >= 4 is 5.91 Å². The Bertz CT molecular complexity index is 775. The first-order chi connectivity index (χ1) is 11.3. The van der Waals surface area contributed by atoms with E-state index in [4.69, 9.17) is 0 Å². The highest BCUT2D eigenvalue weighted by atomic mass is 16.2. The summed E-state index contributed by atoms with van der Waals surface area (Å²) in [4.78, 5) is 24.5. The summed E-state index contributed by atoms with van der Waals surface area (Å²) in [6.45, 7) is 0.530. The summed E-state index contributed by atoms with van der Waals surface area (Å²) >= 11 is 0. The van der Waals surface area contributed by atoms with Crippen molar-refractivity contribution in [3.63, 3.8) is 0 Å². The summed E-state index contributed by atoms with van der Waals surface area (Å²) in [5.74, 6) is -0.0853. The lowest BCUT2D eigenvalue weighted by Gasteiger charge is -2.06. The molecule has 5 nitrogen and oxygen atoms in total. The van der Waals surface area contributed by atoms with Gasteiger partial charge in [0.1, 0.15) is 0 Å². The number of pyridine rings is 1. The zero-order valence-electron chi connectivity index (χ0n) is 12.5. The smallest absolute Gasteiger partial charge is 0.289 e. The molecular formula is C18H16N4O. The minimum Gasteiger partial charge on any atom is -0.349 e. The highest BCUT2D eigenvalue weighted by Gasteiger charge is 2.10. The molecular weight excluding hydrogens is 288 g/mol. The van der Waals surface area contributed by atoms with Gasteiger partial charge in [-0.3, -0.25) is 9.78 Å². The van der Waals surface area contributed by atoms with Crippen LogP contribution in [0.15, 0.2) is 67.1 Å². The van der Waals surface area contributed by atoms with Crippen LogP contribution in [-0.2, 0) is 6.42 Å². The van der Waals surface area contributed by atoms with Crippen LogP contribution in [0.25, 0.3) is 11.3 Å². The Labute approximate surface area is 134 Å². The standard InChI is InChI=1S/C18H16N4O/c23-18(21-12-8-14-6-10-19-11-7-14)17-20-13-9-16(22-17)15-4-2-1-3-5-15/h1-7,9-11,13H,8,12H2,(H,21,23). The average Bonchev–Trinajstić information content (AvgIpc) is 2.63. The number of carbonyl (C=O) groups excluding carboxylic acids is 1. The Kier molecular flexibility index (Phi) is 4.69. The normalized spacial score (nSPS) is 10.3. The number of hydrogen-bond donors (Lipinski definition) is 1. The minimum absolute atomic E-state index is 0.182. The van der Waals surface area contributed by atoms with Gasteiger partial charge < -0.3 is 5.32 Å². The lowest BCUT2D eigenvalue weighted by atomic mass is 10.1. The van der Waals surface area contributed by atoms with Gasteiger partial charge in [-0.1, -0.05) is 30.3 Å². The van der Waals surface area contributed by atoms with Crippen LogP contribution < -0.4 is 5.32 Å². The van der Waals surface area contributed by atoms with Gasteiger partial charge in [0.2, 0.25) is 5.82 Å². The molecule has 23 heavy (non-hydrogen) atoms. The molecule has 0 aliphatic rings. The van der Waals surface area contributed by atoms with Crippen LogP contribution in [0.1, 0.15) is 16.2 Å². The molecule has 1 N–H and O–H groups in total. The molecule has 3 rings (SSSR count). The van der Waals surface area contributed by atoms with Crippen LogP contribution in [0.4, 0.5) is 0 Å². The molecule has 2 aromatic heterocycles. The minimum atomic E-state index is -0.267. The molecule has 0 aliphatic heterocycles. The van der Waals surface area contributed by atoms with Crippen LogP contribution in [0, 0.1) is 0 Å². The van der Waals surface area contributed by atoms with Crippen molar-refractivity contribution in [2.24, 2.45) is 0 Å². The summed E-state index contributed by atoms with van der Waals surface area (Å²) in [6, 6.07) is 15.4. The van der Waals surface area contributed by atoms with E-state index in [0.717, 1.165) is 23.2 Å². The second kappa shape index (κ2) is 7.26. The summed E-state index contributed by atoms with van der Waals surface area (Å²) in [7, 11) is 0. The van der Waals surface area contributed by atoms with Crippen LogP contribution in [0.3, 0.4) is 0 Å². The lowest BCUT2D eigenvalue weighted by Crippen LogP contribution is -2.27. The second-order valence-electron chi connectivity index (χ2n) is 4.99. The molecule has 0 fully saturated rings. The summed E-state index contributed by atoms with van der Waals surface area (Å²) in [5.41, 5.74) is 2.82. The number of benzene rings is 1. The fraction of sp³-hybridized carbons (Fsp3) is 0.111. The Morgan fingerprint density at radius 3 is 2.52 bits per heavy atom. The first-order valence-electron chi connectivity index (χ1n) is 7.38. The Hall–Kier alpha value is -3.08. The third-order valence-corrected chi connectivity index (χ3v) is 3.38. The third kappa shape index (κ3) is 3.97. The number of carbonyl (C=O) groups is 1. The van der Waals surface area contributed by atoms with E-state index in [2.05, 4.69) is 20.3 Å². The summed E-state index contributed by atoms with van der Waals surface area (Å²) < 4.78 is 0. The molecule has 5 heteroatoms. The quantitative estimate of drug-likeness (QED) is 0.786. The summed E-state index contributed by atoms with van der Waals surface area (Å²) in [6.07, 6.45) is 5.83. The Morgan fingerprint density at radius 2 is 1.74 bits per heavy atom. The monoisotopic (exact) mass is 304 g/mol. The van der Waals surface area contributed by atoms with Crippen molar-refractivity contribution in [3.8, 4) is 11.3 Å². The maximum absolute atomic E-state index is 12.2. The number of nitrogens with zero attached hydrogens (tertiary/aromatic N) is 3. The molecule has 1 amide bonds. The largest absolute Gasteiger partial charge is 0.349 e. The Morgan fingerprint density at radius 1 is 0.957 bits per heavy atom. The van der Waals surface area contributed by atoms with E-state index in [-0.39, 0.29) is 11.7 Å². The molecule has 0 saturated carbocycles. The molecule has 0 bridgehead atoms. The fourth-order valence-corrected chi connectivity index (χ4v) is 2.19. The topological polar surface area (TPSA) is 67.8 Å². The fourth-order valence-electron chi connectivity index (χ4n) is 2.19. The van der Waals surface area contributed by atoms with E-state index in [1.54, 1.807) is 24.7 Å². The summed E-state index contributed by atoms with van der Waals surface area (Å²) in [5, 5.41) is 2.84. The van der Waals surface area contributed by atoms with Crippen LogP contribution in [-0.4, -0.2) is 27.4 Å². The molecule has 1 aromatic carbocycles. The van der Waals surface area contributed by atoms with E-state index >= 15 is 0 Å². The van der Waals surface area contributed by atoms with Crippen molar-refractivity contribution in [1.29, 1.82) is 0 Å². The van der Waals surface area contributed by atoms with Crippen molar-refractivity contribution in [2.45, 2.75) is 6.42 Å². The zero-order chi connectivity index (χ0) is 15.9. The van der Waals surface area contributed by atoms with Gasteiger partial charge in [0.15, 0.2) is 0 Å². The molecule has 0 radical (unpaired) electrons. The average molecular weight is 304 g/mol.